The number of para-hydroxylation sites is 1. The summed E-state index contributed by atoms with van der Waals surface area (Å²) in [5.41, 5.74) is 3.15. The van der Waals surface area contributed by atoms with E-state index in [1.807, 2.05) is 26.0 Å². The molecule has 0 aliphatic heterocycles. The van der Waals surface area contributed by atoms with E-state index >= 15 is 0 Å². The van der Waals surface area contributed by atoms with E-state index < -0.39 is 11.9 Å². The number of benzene rings is 2. The van der Waals surface area contributed by atoms with Gasteiger partial charge in [0.15, 0.2) is 6.61 Å². The third-order valence-electron chi connectivity index (χ3n) is 4.02. The van der Waals surface area contributed by atoms with Gasteiger partial charge in [-0.05, 0) is 55.7 Å². The minimum Gasteiger partial charge on any atom is -0.456 e. The van der Waals surface area contributed by atoms with Gasteiger partial charge in [-0.15, -0.1) is 0 Å². The lowest BCUT2D eigenvalue weighted by Gasteiger charge is -2.10. The Bertz CT molecular complexity index is 894. The highest BCUT2D eigenvalue weighted by molar-refractivity contribution is 9.10. The molecule has 0 heterocycles. The smallest absolute Gasteiger partial charge is 0.306 e. The molecule has 2 aromatic carbocycles. The van der Waals surface area contributed by atoms with Gasteiger partial charge in [0, 0.05) is 23.0 Å². The van der Waals surface area contributed by atoms with Crippen LogP contribution in [0.5, 0.6) is 0 Å². The van der Waals surface area contributed by atoms with Crippen LogP contribution < -0.4 is 10.6 Å². The lowest BCUT2D eigenvalue weighted by atomic mass is 10.1. The summed E-state index contributed by atoms with van der Waals surface area (Å²) in [6, 6.07) is 10.6. The molecule has 0 radical (unpaired) electrons. The van der Waals surface area contributed by atoms with Crippen LogP contribution in [0.25, 0.3) is 0 Å². The Hall–Kier alpha value is -2.38. The van der Waals surface area contributed by atoms with Crippen LogP contribution in [-0.2, 0) is 19.1 Å². The average molecular weight is 482 g/mol. The van der Waals surface area contributed by atoms with Gasteiger partial charge in [-0.3, -0.25) is 14.4 Å². The van der Waals surface area contributed by atoms with Gasteiger partial charge in [0.2, 0.25) is 5.91 Å². The van der Waals surface area contributed by atoms with E-state index in [4.69, 9.17) is 16.3 Å². The number of aryl methyl sites for hydroxylation is 2. The van der Waals surface area contributed by atoms with Crippen LogP contribution in [0.4, 0.5) is 11.4 Å². The molecule has 2 amide bonds. The van der Waals surface area contributed by atoms with Crippen molar-refractivity contribution in [3.05, 3.63) is 57.0 Å². The van der Waals surface area contributed by atoms with Crippen LogP contribution in [0.15, 0.2) is 40.9 Å². The second kappa shape index (κ2) is 11.0. The molecule has 2 aromatic rings. The van der Waals surface area contributed by atoms with Gasteiger partial charge in [0.25, 0.3) is 5.91 Å². The molecule has 0 saturated heterocycles. The maximum atomic E-state index is 12.0. The van der Waals surface area contributed by atoms with Crippen LogP contribution in [0, 0.1) is 13.8 Å². The Balaban J connectivity index is 1.68. The topological polar surface area (TPSA) is 84.5 Å². The molecule has 0 fully saturated rings. The first-order valence-corrected chi connectivity index (χ1v) is 10.2. The second-order valence-corrected chi connectivity index (χ2v) is 7.71. The van der Waals surface area contributed by atoms with Gasteiger partial charge >= 0.3 is 5.97 Å². The zero-order valence-electron chi connectivity index (χ0n) is 16.2. The van der Waals surface area contributed by atoms with E-state index in [0.717, 1.165) is 15.6 Å². The standard InChI is InChI=1S/C21H22BrClN2O4/c1-13-10-15(11-14(2)21(13)22)24-19(27)12-29-20(28)9-5-8-18(26)25-17-7-4-3-6-16(17)23/h3-4,6-7,10-11H,5,8-9,12H2,1-2H3,(H,24,27)(H,25,26). The van der Waals surface area contributed by atoms with Crippen molar-refractivity contribution in [2.45, 2.75) is 33.1 Å². The molecule has 154 valence electrons. The summed E-state index contributed by atoms with van der Waals surface area (Å²) >= 11 is 9.45. The molecule has 0 saturated carbocycles. The molecule has 8 heteroatoms. The van der Waals surface area contributed by atoms with Gasteiger partial charge in [0.05, 0.1) is 10.7 Å². The Morgan fingerprint density at radius 1 is 1.00 bits per heavy atom. The molecule has 0 aromatic heterocycles. The molecule has 2 rings (SSSR count). The molecule has 0 atom stereocenters. The van der Waals surface area contributed by atoms with E-state index in [-0.39, 0.29) is 25.4 Å². The van der Waals surface area contributed by atoms with Gasteiger partial charge in [-0.2, -0.15) is 0 Å². The van der Waals surface area contributed by atoms with Crippen LogP contribution in [0.3, 0.4) is 0 Å². The number of anilines is 2. The number of nitrogens with one attached hydrogen (secondary N) is 2. The summed E-state index contributed by atoms with van der Waals surface area (Å²) in [6.45, 7) is 3.47. The van der Waals surface area contributed by atoms with Crippen molar-refractivity contribution >= 4 is 56.7 Å². The Morgan fingerprint density at radius 3 is 2.31 bits per heavy atom. The van der Waals surface area contributed by atoms with Gasteiger partial charge in [-0.25, -0.2) is 0 Å². The van der Waals surface area contributed by atoms with Crippen LogP contribution >= 0.6 is 27.5 Å². The first kappa shape index (κ1) is 22.9. The zero-order chi connectivity index (χ0) is 21.4. The third-order valence-corrected chi connectivity index (χ3v) is 5.60. The Kier molecular flexibility index (Phi) is 8.67. The normalized spacial score (nSPS) is 10.3. The summed E-state index contributed by atoms with van der Waals surface area (Å²) in [5, 5.41) is 5.83. The van der Waals surface area contributed by atoms with Crippen LogP contribution in [0.2, 0.25) is 5.02 Å². The first-order valence-electron chi connectivity index (χ1n) is 9.03. The van der Waals surface area contributed by atoms with Crippen molar-refractivity contribution in [2.24, 2.45) is 0 Å². The van der Waals surface area contributed by atoms with Crippen LogP contribution in [0.1, 0.15) is 30.4 Å². The molecule has 2 N–H and O–H groups in total. The molecular weight excluding hydrogens is 460 g/mol. The van der Waals surface area contributed by atoms with Crippen molar-refractivity contribution in [2.75, 3.05) is 17.2 Å². The summed E-state index contributed by atoms with van der Waals surface area (Å²) in [5.74, 6) is -1.20. The van der Waals surface area contributed by atoms with E-state index in [1.165, 1.54) is 0 Å². The summed E-state index contributed by atoms with van der Waals surface area (Å²) in [6.07, 6.45) is 0.492. The minimum atomic E-state index is -0.533. The van der Waals surface area contributed by atoms with E-state index in [0.29, 0.717) is 22.8 Å². The zero-order valence-corrected chi connectivity index (χ0v) is 18.5. The maximum Gasteiger partial charge on any atom is 0.306 e. The largest absolute Gasteiger partial charge is 0.456 e. The predicted octanol–water partition coefficient (Wildman–Crippen LogP) is 5.01. The van der Waals surface area contributed by atoms with Crippen molar-refractivity contribution in [3.63, 3.8) is 0 Å². The fourth-order valence-corrected chi connectivity index (χ4v) is 3.01. The molecule has 29 heavy (non-hydrogen) atoms. The molecule has 0 unspecified atom stereocenters. The number of ether oxygens (including phenoxy) is 1. The number of hydrogen-bond donors (Lipinski definition) is 2. The highest BCUT2D eigenvalue weighted by atomic mass is 79.9. The fourth-order valence-electron chi connectivity index (χ4n) is 2.60. The Morgan fingerprint density at radius 2 is 1.66 bits per heavy atom. The number of amides is 2. The van der Waals surface area contributed by atoms with E-state index in [9.17, 15) is 14.4 Å². The highest BCUT2D eigenvalue weighted by Gasteiger charge is 2.11. The molecular formula is C21H22BrClN2O4. The number of carbonyl (C=O) groups is 3. The van der Waals surface area contributed by atoms with Crippen LogP contribution in [-0.4, -0.2) is 24.4 Å². The quantitative estimate of drug-likeness (QED) is 0.519. The third kappa shape index (κ3) is 7.51. The van der Waals surface area contributed by atoms with Crippen molar-refractivity contribution in [1.29, 1.82) is 0 Å². The number of halogens is 2. The Labute approximate surface area is 183 Å². The summed E-state index contributed by atoms with van der Waals surface area (Å²) < 4.78 is 5.95. The van der Waals surface area contributed by atoms with Crippen molar-refractivity contribution in [1.82, 2.24) is 0 Å². The number of hydrogen-bond acceptors (Lipinski definition) is 4. The maximum absolute atomic E-state index is 12.0. The number of rotatable bonds is 8. The SMILES string of the molecule is Cc1cc(NC(=O)COC(=O)CCCC(=O)Nc2ccccc2Cl)cc(C)c1Br. The molecule has 0 aliphatic rings. The van der Waals surface area contributed by atoms with Crippen molar-refractivity contribution in [3.8, 4) is 0 Å². The molecule has 0 spiro atoms. The lowest BCUT2D eigenvalue weighted by molar-refractivity contribution is -0.147. The van der Waals surface area contributed by atoms with Gasteiger partial charge < -0.3 is 15.4 Å². The summed E-state index contributed by atoms with van der Waals surface area (Å²) in [4.78, 5) is 35.7. The average Bonchev–Trinajstić information content (AvgIpc) is 2.66. The molecule has 0 bridgehead atoms. The first-order chi connectivity index (χ1) is 13.8. The predicted molar refractivity (Wildman–Crippen MR) is 117 cm³/mol. The summed E-state index contributed by atoms with van der Waals surface area (Å²) in [7, 11) is 0. The van der Waals surface area contributed by atoms with E-state index in [1.54, 1.807) is 24.3 Å². The molecule has 0 aliphatic carbocycles. The minimum absolute atomic E-state index is 0.0414. The van der Waals surface area contributed by atoms with E-state index in [2.05, 4.69) is 26.6 Å². The number of esters is 1. The monoisotopic (exact) mass is 480 g/mol. The highest BCUT2D eigenvalue weighted by Crippen LogP contribution is 2.25. The lowest BCUT2D eigenvalue weighted by Crippen LogP contribution is -2.21. The molecule has 6 nitrogen and oxygen atoms in total. The second-order valence-electron chi connectivity index (χ2n) is 6.51. The fraction of sp³-hybridized carbons (Fsp3) is 0.286. The van der Waals surface area contributed by atoms with Gasteiger partial charge in [-0.1, -0.05) is 39.7 Å². The van der Waals surface area contributed by atoms with Crippen molar-refractivity contribution < 1.29 is 19.1 Å². The number of carbonyl (C=O) groups excluding carboxylic acids is 3. The van der Waals surface area contributed by atoms with Gasteiger partial charge in [0.1, 0.15) is 0 Å².